The number of carboxylic acids is 1. The van der Waals surface area contributed by atoms with E-state index in [1.165, 1.54) is 0 Å². The number of aromatic nitrogens is 3. The minimum Gasteiger partial charge on any atom is -0.476 e. The summed E-state index contributed by atoms with van der Waals surface area (Å²) < 4.78 is 26.1. The molecule has 0 aliphatic rings. The number of aromatic carboxylic acids is 1. The molecule has 0 amide bonds. The van der Waals surface area contributed by atoms with Gasteiger partial charge in [-0.15, -0.1) is 5.10 Å². The van der Waals surface area contributed by atoms with E-state index >= 15 is 0 Å². The molecule has 0 radical (unpaired) electrons. The number of aliphatic hydroxyl groups is 1. The number of alkyl halides is 2. The lowest BCUT2D eigenvalue weighted by molar-refractivity contribution is 0.0675. The topological polar surface area (TPSA) is 88.2 Å². The lowest BCUT2D eigenvalue weighted by Gasteiger charge is -2.12. The minimum absolute atomic E-state index is 0.197. The molecule has 1 unspecified atom stereocenters. The van der Waals surface area contributed by atoms with Crippen molar-refractivity contribution >= 4 is 5.97 Å². The highest BCUT2D eigenvalue weighted by molar-refractivity contribution is 5.86. The summed E-state index contributed by atoms with van der Waals surface area (Å²) in [6, 6.07) is -0.533. The third-order valence-corrected chi connectivity index (χ3v) is 2.10. The molecular weight excluding hydrogens is 224 g/mol. The van der Waals surface area contributed by atoms with E-state index in [0.717, 1.165) is 4.68 Å². The average molecular weight is 235 g/mol. The van der Waals surface area contributed by atoms with Crippen molar-refractivity contribution in [3.8, 4) is 0 Å². The smallest absolute Gasteiger partial charge is 0.358 e. The van der Waals surface area contributed by atoms with Crippen LogP contribution >= 0.6 is 0 Å². The second kappa shape index (κ2) is 4.97. The lowest BCUT2D eigenvalue weighted by atomic mass is 10.2. The summed E-state index contributed by atoms with van der Waals surface area (Å²) in [6.45, 7) is 1.34. The maximum atomic E-state index is 12.7. The molecule has 0 aromatic carbocycles. The van der Waals surface area contributed by atoms with Gasteiger partial charge in [-0.1, -0.05) is 5.21 Å². The van der Waals surface area contributed by atoms with Crippen molar-refractivity contribution < 1.29 is 23.8 Å². The van der Waals surface area contributed by atoms with Gasteiger partial charge < -0.3 is 10.2 Å². The normalized spacial score (nSPS) is 13.1. The van der Waals surface area contributed by atoms with Crippen LogP contribution in [-0.4, -0.2) is 37.8 Å². The highest BCUT2D eigenvalue weighted by Crippen LogP contribution is 2.25. The third kappa shape index (κ3) is 2.32. The number of rotatable bonds is 5. The van der Waals surface area contributed by atoms with E-state index in [2.05, 4.69) is 10.3 Å². The van der Waals surface area contributed by atoms with Crippen LogP contribution in [0.15, 0.2) is 0 Å². The molecule has 0 bridgehead atoms. The van der Waals surface area contributed by atoms with Crippen molar-refractivity contribution in [3.63, 3.8) is 0 Å². The maximum Gasteiger partial charge on any atom is 0.358 e. The summed E-state index contributed by atoms with van der Waals surface area (Å²) in [5.41, 5.74) is -1.48. The zero-order chi connectivity index (χ0) is 12.3. The van der Waals surface area contributed by atoms with Gasteiger partial charge in [-0.25, -0.2) is 18.3 Å². The Morgan fingerprint density at radius 3 is 2.62 bits per heavy atom. The molecule has 0 fully saturated rings. The Bertz CT molecular complexity index is 381. The van der Waals surface area contributed by atoms with E-state index in [-0.39, 0.29) is 13.0 Å². The van der Waals surface area contributed by atoms with Crippen LogP contribution in [0.2, 0.25) is 0 Å². The first-order valence-electron chi connectivity index (χ1n) is 4.56. The van der Waals surface area contributed by atoms with Crippen LogP contribution in [0, 0.1) is 0 Å². The molecule has 0 aliphatic heterocycles. The molecule has 1 rings (SSSR count). The van der Waals surface area contributed by atoms with Crippen molar-refractivity contribution in [1.82, 2.24) is 15.0 Å². The molecule has 0 aliphatic carbocycles. The van der Waals surface area contributed by atoms with Crippen molar-refractivity contribution in [2.45, 2.75) is 25.8 Å². The Kier molecular flexibility index (Phi) is 3.88. The maximum absolute atomic E-state index is 12.7. The highest BCUT2D eigenvalue weighted by Gasteiger charge is 2.28. The molecule has 2 N–H and O–H groups in total. The van der Waals surface area contributed by atoms with Crippen LogP contribution in [0.5, 0.6) is 0 Å². The van der Waals surface area contributed by atoms with Crippen molar-refractivity contribution in [2.24, 2.45) is 0 Å². The van der Waals surface area contributed by atoms with Gasteiger partial charge in [0.2, 0.25) is 0 Å². The van der Waals surface area contributed by atoms with Gasteiger partial charge in [0.1, 0.15) is 5.69 Å². The van der Waals surface area contributed by atoms with Gasteiger partial charge in [0, 0.05) is 6.61 Å². The summed E-state index contributed by atoms with van der Waals surface area (Å²) in [5, 5.41) is 23.9. The molecule has 90 valence electrons. The second-order valence-electron chi connectivity index (χ2n) is 3.24. The van der Waals surface area contributed by atoms with Crippen LogP contribution < -0.4 is 0 Å². The van der Waals surface area contributed by atoms with Crippen LogP contribution in [0.3, 0.4) is 0 Å². The number of carbonyl (C=O) groups is 1. The molecule has 16 heavy (non-hydrogen) atoms. The van der Waals surface area contributed by atoms with E-state index in [1.54, 1.807) is 6.92 Å². The molecule has 0 spiro atoms. The van der Waals surface area contributed by atoms with Gasteiger partial charge >= 0.3 is 5.97 Å². The van der Waals surface area contributed by atoms with E-state index in [0.29, 0.717) is 0 Å². The minimum atomic E-state index is -2.97. The van der Waals surface area contributed by atoms with Gasteiger partial charge in [0.05, 0.1) is 6.04 Å². The standard InChI is InChI=1S/C8H11F2N3O3/c1-4(2-3-14)13-6(7(9)10)5(8(15)16)11-12-13/h4,7,14H,2-3H2,1H3,(H,15,16). The van der Waals surface area contributed by atoms with Crippen molar-refractivity contribution in [3.05, 3.63) is 11.4 Å². The molecule has 8 heteroatoms. The summed E-state index contributed by atoms with van der Waals surface area (Å²) >= 11 is 0. The number of hydrogen-bond donors (Lipinski definition) is 2. The molecular formula is C8H11F2N3O3. The van der Waals surface area contributed by atoms with Gasteiger partial charge in [-0.2, -0.15) is 0 Å². The van der Waals surface area contributed by atoms with E-state index in [4.69, 9.17) is 10.2 Å². The molecule has 1 aromatic heterocycles. The number of hydrogen-bond acceptors (Lipinski definition) is 4. The molecule has 6 nitrogen and oxygen atoms in total. The first-order chi connectivity index (χ1) is 7.49. The Morgan fingerprint density at radius 2 is 2.19 bits per heavy atom. The summed E-state index contributed by atoms with van der Waals surface area (Å²) in [6.07, 6.45) is -2.77. The predicted octanol–water partition coefficient (Wildman–Crippen LogP) is 0.857. The fourth-order valence-electron chi connectivity index (χ4n) is 1.29. The number of aliphatic hydroxyl groups excluding tert-OH is 1. The van der Waals surface area contributed by atoms with E-state index in [9.17, 15) is 13.6 Å². The van der Waals surface area contributed by atoms with E-state index < -0.39 is 29.8 Å². The SMILES string of the molecule is CC(CCO)n1nnc(C(=O)O)c1C(F)F. The fourth-order valence-corrected chi connectivity index (χ4v) is 1.29. The number of nitrogens with zero attached hydrogens (tertiary/aromatic N) is 3. The number of carboxylic acid groups (broad SMARTS) is 1. The fraction of sp³-hybridized carbons (Fsp3) is 0.625. The van der Waals surface area contributed by atoms with Crippen LogP contribution in [-0.2, 0) is 0 Å². The summed E-state index contributed by atoms with van der Waals surface area (Å²) in [4.78, 5) is 10.6. The summed E-state index contributed by atoms with van der Waals surface area (Å²) in [7, 11) is 0. The second-order valence-corrected chi connectivity index (χ2v) is 3.24. The molecule has 1 atom stereocenters. The van der Waals surface area contributed by atoms with Gasteiger partial charge in [0.25, 0.3) is 6.43 Å². The van der Waals surface area contributed by atoms with Gasteiger partial charge in [0.15, 0.2) is 5.69 Å². The van der Waals surface area contributed by atoms with Crippen LogP contribution in [0.25, 0.3) is 0 Å². The highest BCUT2D eigenvalue weighted by atomic mass is 19.3. The van der Waals surface area contributed by atoms with Crippen LogP contribution in [0.1, 0.15) is 42.0 Å². The lowest BCUT2D eigenvalue weighted by Crippen LogP contribution is -2.14. The summed E-state index contributed by atoms with van der Waals surface area (Å²) in [5.74, 6) is -1.54. The monoisotopic (exact) mass is 235 g/mol. The quantitative estimate of drug-likeness (QED) is 0.790. The Labute approximate surface area is 89.5 Å². The van der Waals surface area contributed by atoms with E-state index in [1.807, 2.05) is 0 Å². The average Bonchev–Trinajstić information content (AvgIpc) is 2.61. The van der Waals surface area contributed by atoms with Crippen molar-refractivity contribution in [2.75, 3.05) is 6.61 Å². The first-order valence-corrected chi connectivity index (χ1v) is 4.56. The van der Waals surface area contributed by atoms with Crippen LogP contribution in [0.4, 0.5) is 8.78 Å². The first kappa shape index (κ1) is 12.5. The zero-order valence-corrected chi connectivity index (χ0v) is 8.47. The van der Waals surface area contributed by atoms with Crippen molar-refractivity contribution in [1.29, 1.82) is 0 Å². The largest absolute Gasteiger partial charge is 0.476 e. The Morgan fingerprint density at radius 1 is 1.56 bits per heavy atom. The van der Waals surface area contributed by atoms with Gasteiger partial charge in [-0.05, 0) is 13.3 Å². The number of halogens is 2. The molecule has 1 aromatic rings. The van der Waals surface area contributed by atoms with Gasteiger partial charge in [-0.3, -0.25) is 0 Å². The Hall–Kier alpha value is -1.57. The third-order valence-electron chi connectivity index (χ3n) is 2.10. The Balaban J connectivity index is 3.14. The zero-order valence-electron chi connectivity index (χ0n) is 8.47. The molecule has 0 saturated heterocycles. The molecule has 1 heterocycles. The molecule has 0 saturated carbocycles. The predicted molar refractivity (Wildman–Crippen MR) is 48.4 cm³/mol.